The number of hydrogen-bond donors (Lipinski definition) is 1. The maximum atomic E-state index is 13.8. The maximum absolute atomic E-state index is 13.8. The number of carbonyl (C=O) groups excluding carboxylic acids is 3. The lowest BCUT2D eigenvalue weighted by Gasteiger charge is -2.51. The van der Waals surface area contributed by atoms with E-state index >= 15 is 0 Å². The van der Waals surface area contributed by atoms with Crippen LogP contribution in [0.4, 0.5) is 0 Å². The molecule has 1 aliphatic rings. The number of nitrogens with two attached hydrogens (primary N) is 1. The van der Waals surface area contributed by atoms with Crippen LogP contribution >= 0.6 is 10.8 Å². The van der Waals surface area contributed by atoms with Crippen molar-refractivity contribution in [3.63, 3.8) is 0 Å². The number of hydrogen-bond acceptors (Lipinski definition) is 8. The molecular formula is C30H30N2O7S2. The highest BCUT2D eigenvalue weighted by Gasteiger charge is 2.59. The summed E-state index contributed by atoms with van der Waals surface area (Å²) in [5, 5.41) is -1.14. The van der Waals surface area contributed by atoms with Gasteiger partial charge in [0, 0.05) is 0 Å². The number of β-lactam (4-membered cyclic amide) rings is 1. The van der Waals surface area contributed by atoms with Crippen LogP contribution in [0.25, 0.3) is 0 Å². The van der Waals surface area contributed by atoms with Gasteiger partial charge in [0.2, 0.25) is 20.7 Å². The van der Waals surface area contributed by atoms with E-state index < -0.39 is 49.9 Å². The predicted octanol–water partition coefficient (Wildman–Crippen LogP) is 3.86. The lowest BCUT2D eigenvalue weighted by Crippen LogP contribution is -2.67. The van der Waals surface area contributed by atoms with E-state index in [9.17, 15) is 22.8 Å². The summed E-state index contributed by atoms with van der Waals surface area (Å²) in [6.07, 6.45) is 0. The third-order valence-electron chi connectivity index (χ3n) is 6.71. The molecule has 2 amide bonds. The molecule has 1 aliphatic heterocycles. The van der Waals surface area contributed by atoms with E-state index in [1.807, 2.05) is 0 Å². The SMILES string of the molecule is C=C(C)C(C(=O)OCc1ccc(OC)cc1)N1C(=O)C(C(C(N)=O)c2ccccc2)C1SS(=O)(=O)c1ccccc1. The third-order valence-corrected chi connectivity index (χ3v) is 10.5. The van der Waals surface area contributed by atoms with Crippen molar-refractivity contribution >= 4 is 37.4 Å². The first-order chi connectivity index (χ1) is 19.5. The first kappa shape index (κ1) is 29.9. The minimum Gasteiger partial charge on any atom is -0.497 e. The number of benzene rings is 3. The quantitative estimate of drug-likeness (QED) is 0.145. The Balaban J connectivity index is 1.67. The maximum Gasteiger partial charge on any atom is 0.333 e. The largest absolute Gasteiger partial charge is 0.497 e. The second-order valence-electron chi connectivity index (χ2n) is 9.52. The second kappa shape index (κ2) is 12.6. The van der Waals surface area contributed by atoms with Gasteiger partial charge in [-0.3, -0.25) is 9.59 Å². The monoisotopic (exact) mass is 594 g/mol. The molecule has 0 saturated carbocycles. The van der Waals surface area contributed by atoms with Crippen LogP contribution in [0.3, 0.4) is 0 Å². The highest BCUT2D eigenvalue weighted by Crippen LogP contribution is 2.48. The Labute approximate surface area is 242 Å². The zero-order chi connectivity index (χ0) is 29.7. The van der Waals surface area contributed by atoms with Crippen LogP contribution in [0.5, 0.6) is 5.75 Å². The smallest absolute Gasteiger partial charge is 0.333 e. The Bertz CT molecular complexity index is 1530. The summed E-state index contributed by atoms with van der Waals surface area (Å²) in [5.74, 6) is -3.80. The molecule has 2 N–H and O–H groups in total. The fourth-order valence-electron chi connectivity index (χ4n) is 4.69. The van der Waals surface area contributed by atoms with Gasteiger partial charge in [0.15, 0.2) is 6.04 Å². The van der Waals surface area contributed by atoms with Crippen molar-refractivity contribution in [1.29, 1.82) is 0 Å². The molecule has 1 heterocycles. The van der Waals surface area contributed by atoms with Gasteiger partial charge in [-0.1, -0.05) is 67.2 Å². The first-order valence-electron chi connectivity index (χ1n) is 12.6. The Morgan fingerprint density at radius 2 is 1.59 bits per heavy atom. The average Bonchev–Trinajstić information content (AvgIpc) is 2.97. The summed E-state index contributed by atoms with van der Waals surface area (Å²) in [6, 6.07) is 21.8. The molecule has 3 aromatic carbocycles. The summed E-state index contributed by atoms with van der Waals surface area (Å²) in [4.78, 5) is 41.0. The fourth-order valence-corrected chi connectivity index (χ4v) is 8.34. The molecule has 0 bridgehead atoms. The van der Waals surface area contributed by atoms with Crippen molar-refractivity contribution in [3.8, 4) is 5.75 Å². The van der Waals surface area contributed by atoms with E-state index in [0.717, 1.165) is 4.90 Å². The van der Waals surface area contributed by atoms with Crippen LogP contribution in [-0.2, 0) is 34.6 Å². The predicted molar refractivity (Wildman–Crippen MR) is 155 cm³/mol. The van der Waals surface area contributed by atoms with Crippen molar-refractivity contribution < 1.29 is 32.3 Å². The molecule has 4 unspecified atom stereocenters. The number of rotatable bonds is 12. The average molecular weight is 595 g/mol. The lowest BCUT2D eigenvalue weighted by atomic mass is 9.78. The Morgan fingerprint density at radius 3 is 2.12 bits per heavy atom. The molecule has 0 aliphatic carbocycles. The van der Waals surface area contributed by atoms with E-state index in [1.165, 1.54) is 19.2 Å². The summed E-state index contributed by atoms with van der Waals surface area (Å²) >= 11 is 0. The highest BCUT2D eigenvalue weighted by molar-refractivity contribution is 8.72. The van der Waals surface area contributed by atoms with Gasteiger partial charge in [-0.05, 0) is 58.7 Å². The van der Waals surface area contributed by atoms with Crippen LogP contribution < -0.4 is 10.5 Å². The molecule has 1 fully saturated rings. The first-order valence-corrected chi connectivity index (χ1v) is 15.5. The van der Waals surface area contributed by atoms with E-state index in [4.69, 9.17) is 15.2 Å². The normalized spacial score (nSPS) is 18.1. The standard InChI is InChI=1S/C30H30N2O7S2/c1-19(2)26(30(35)39-18-20-14-16-22(38-3)17-15-20)32-28(34)25(24(27(31)33)21-10-6-4-7-11-21)29(32)40-41(36,37)23-12-8-5-9-13-23/h4-17,24-26,29H,1,18H2,2-3H3,(H2,31,33). The van der Waals surface area contributed by atoms with E-state index in [-0.39, 0.29) is 17.1 Å². The zero-order valence-electron chi connectivity index (χ0n) is 22.5. The molecule has 4 rings (SSSR count). The van der Waals surface area contributed by atoms with Gasteiger partial charge in [0.25, 0.3) is 0 Å². The highest BCUT2D eigenvalue weighted by atomic mass is 33.1. The molecule has 9 nitrogen and oxygen atoms in total. The topological polar surface area (TPSA) is 133 Å². The number of carbonyl (C=O) groups is 3. The van der Waals surface area contributed by atoms with E-state index in [0.29, 0.717) is 27.7 Å². The Morgan fingerprint density at radius 1 is 1.00 bits per heavy atom. The fraction of sp³-hybridized carbons (Fsp3) is 0.233. The number of likely N-dealkylation sites (tertiary alicyclic amines) is 1. The van der Waals surface area contributed by atoms with Crippen LogP contribution in [0, 0.1) is 5.92 Å². The Hall–Kier alpha value is -4.09. The van der Waals surface area contributed by atoms with Crippen LogP contribution in [0.15, 0.2) is 102 Å². The summed E-state index contributed by atoms with van der Waals surface area (Å²) < 4.78 is 37.6. The molecule has 41 heavy (non-hydrogen) atoms. The molecule has 214 valence electrons. The van der Waals surface area contributed by atoms with E-state index in [2.05, 4.69) is 6.58 Å². The van der Waals surface area contributed by atoms with Gasteiger partial charge in [0.1, 0.15) is 17.7 Å². The summed E-state index contributed by atoms with van der Waals surface area (Å²) in [6.45, 7) is 5.34. The molecule has 0 spiro atoms. The van der Waals surface area contributed by atoms with Crippen LogP contribution in [0.1, 0.15) is 24.0 Å². The zero-order valence-corrected chi connectivity index (χ0v) is 24.1. The third kappa shape index (κ3) is 6.47. The number of amides is 2. The van der Waals surface area contributed by atoms with Crippen LogP contribution in [-0.4, -0.2) is 49.6 Å². The van der Waals surface area contributed by atoms with Gasteiger partial charge in [0.05, 0.1) is 23.8 Å². The molecule has 11 heteroatoms. The van der Waals surface area contributed by atoms with Crippen molar-refractivity contribution in [2.24, 2.45) is 11.7 Å². The number of esters is 1. The molecular weight excluding hydrogens is 564 g/mol. The van der Waals surface area contributed by atoms with Gasteiger partial charge in [-0.15, -0.1) is 0 Å². The van der Waals surface area contributed by atoms with Crippen molar-refractivity contribution in [2.45, 2.75) is 35.8 Å². The van der Waals surface area contributed by atoms with Gasteiger partial charge in [-0.25, -0.2) is 13.2 Å². The number of nitrogens with zero attached hydrogens (tertiary/aromatic N) is 1. The summed E-state index contributed by atoms with van der Waals surface area (Å²) in [5.41, 5.74) is 7.19. The molecule has 0 radical (unpaired) electrons. The van der Waals surface area contributed by atoms with Crippen LogP contribution in [0.2, 0.25) is 0 Å². The Kier molecular flexibility index (Phi) is 9.19. The lowest BCUT2D eigenvalue weighted by molar-refractivity contribution is -0.167. The van der Waals surface area contributed by atoms with E-state index in [1.54, 1.807) is 79.7 Å². The van der Waals surface area contributed by atoms with Crippen molar-refractivity contribution in [3.05, 3.63) is 108 Å². The molecule has 1 saturated heterocycles. The molecule has 4 atom stereocenters. The number of ether oxygens (including phenoxy) is 2. The van der Waals surface area contributed by atoms with Gasteiger partial charge >= 0.3 is 5.97 Å². The van der Waals surface area contributed by atoms with Gasteiger partial charge < -0.3 is 20.1 Å². The minimum atomic E-state index is -4.02. The van der Waals surface area contributed by atoms with Crippen molar-refractivity contribution in [2.75, 3.05) is 7.11 Å². The number of primary amides is 1. The summed E-state index contributed by atoms with van der Waals surface area (Å²) in [7, 11) is -1.99. The molecule has 0 aromatic heterocycles. The second-order valence-corrected chi connectivity index (χ2v) is 13.5. The minimum absolute atomic E-state index is 0.0207. The van der Waals surface area contributed by atoms with Gasteiger partial charge in [-0.2, -0.15) is 0 Å². The number of methoxy groups -OCH3 is 1. The molecule has 3 aromatic rings. The van der Waals surface area contributed by atoms with Crippen molar-refractivity contribution in [1.82, 2.24) is 4.90 Å².